The molecule has 3 N–H and O–H groups in total. The number of benzene rings is 2. The van der Waals surface area contributed by atoms with Gasteiger partial charge < -0.3 is 10.2 Å². The Balaban J connectivity index is 1.59. The molecule has 0 radical (unpaired) electrons. The first-order chi connectivity index (χ1) is 12.0. The number of hydrazone groups is 1. The van der Waals surface area contributed by atoms with Gasteiger partial charge in [-0.15, -0.1) is 11.3 Å². The number of carbonyl (C=O) groups is 1. The molecule has 0 aliphatic carbocycles. The standard InChI is InChI=1S/C17H15N3O3S2/c1-10(24-17-19-13-4-2-3-5-15(13)25-17)16(23)20-18-9-11-6-7-12(21)8-14(11)22/h2-10,21-22H,1H3,(H,20,23)/b18-9-/t10-/m1/s1. The van der Waals surface area contributed by atoms with Crippen molar-refractivity contribution in [2.75, 3.05) is 0 Å². The number of phenolic OH excluding ortho intramolecular Hbond substituents is 2. The van der Waals surface area contributed by atoms with Crippen LogP contribution in [-0.2, 0) is 4.79 Å². The van der Waals surface area contributed by atoms with E-state index in [1.165, 1.54) is 36.2 Å². The van der Waals surface area contributed by atoms with Crippen LogP contribution in [0.2, 0.25) is 0 Å². The zero-order chi connectivity index (χ0) is 17.8. The monoisotopic (exact) mass is 373 g/mol. The van der Waals surface area contributed by atoms with Crippen molar-refractivity contribution >= 4 is 45.4 Å². The molecule has 1 aromatic heterocycles. The van der Waals surface area contributed by atoms with E-state index in [9.17, 15) is 15.0 Å². The largest absolute Gasteiger partial charge is 0.508 e. The van der Waals surface area contributed by atoms with E-state index in [1.54, 1.807) is 18.3 Å². The van der Waals surface area contributed by atoms with Crippen LogP contribution in [0.5, 0.6) is 11.5 Å². The highest BCUT2D eigenvalue weighted by molar-refractivity contribution is 8.02. The van der Waals surface area contributed by atoms with Gasteiger partial charge in [0.05, 0.1) is 21.7 Å². The predicted molar refractivity (Wildman–Crippen MR) is 100 cm³/mol. The first kappa shape index (κ1) is 17.2. The second kappa shape index (κ2) is 7.54. The first-order valence-electron chi connectivity index (χ1n) is 7.40. The Hall–Kier alpha value is -2.58. The average molecular weight is 373 g/mol. The lowest BCUT2D eigenvalue weighted by Gasteiger charge is -2.06. The van der Waals surface area contributed by atoms with Crippen molar-refractivity contribution in [3.63, 3.8) is 0 Å². The number of thioether (sulfide) groups is 1. The molecule has 0 saturated heterocycles. The molecule has 0 saturated carbocycles. The van der Waals surface area contributed by atoms with Crippen LogP contribution < -0.4 is 5.43 Å². The molecule has 128 valence electrons. The summed E-state index contributed by atoms with van der Waals surface area (Å²) >= 11 is 2.91. The van der Waals surface area contributed by atoms with Crippen molar-refractivity contribution < 1.29 is 15.0 Å². The van der Waals surface area contributed by atoms with Crippen molar-refractivity contribution in [1.29, 1.82) is 0 Å². The summed E-state index contributed by atoms with van der Waals surface area (Å²) in [4.78, 5) is 16.6. The summed E-state index contributed by atoms with van der Waals surface area (Å²) in [5, 5.41) is 22.4. The van der Waals surface area contributed by atoms with E-state index in [4.69, 9.17) is 0 Å². The van der Waals surface area contributed by atoms with Crippen LogP contribution in [0, 0.1) is 0 Å². The smallest absolute Gasteiger partial charge is 0.253 e. The molecule has 3 rings (SSSR count). The number of rotatable bonds is 5. The number of thiazole rings is 1. The van der Waals surface area contributed by atoms with Gasteiger partial charge in [-0.2, -0.15) is 5.10 Å². The normalized spacial score (nSPS) is 12.5. The maximum absolute atomic E-state index is 12.1. The van der Waals surface area contributed by atoms with Gasteiger partial charge in [0.2, 0.25) is 0 Å². The van der Waals surface area contributed by atoms with E-state index < -0.39 is 0 Å². The summed E-state index contributed by atoms with van der Waals surface area (Å²) in [6.07, 6.45) is 1.32. The number of amides is 1. The van der Waals surface area contributed by atoms with Gasteiger partial charge >= 0.3 is 0 Å². The first-order valence-corrected chi connectivity index (χ1v) is 9.09. The lowest BCUT2D eigenvalue weighted by atomic mass is 10.2. The van der Waals surface area contributed by atoms with E-state index >= 15 is 0 Å². The number of aromatic nitrogens is 1. The summed E-state index contributed by atoms with van der Waals surface area (Å²) in [7, 11) is 0. The Bertz CT molecular complexity index is 907. The third-order valence-electron chi connectivity index (χ3n) is 3.31. The quantitative estimate of drug-likeness (QED) is 0.362. The van der Waals surface area contributed by atoms with Crippen LogP contribution in [0.25, 0.3) is 10.2 Å². The minimum absolute atomic E-state index is 0.0421. The molecule has 0 aliphatic rings. The number of nitrogens with zero attached hydrogens (tertiary/aromatic N) is 2. The Morgan fingerprint density at radius 2 is 2.12 bits per heavy atom. The molecule has 8 heteroatoms. The molecular weight excluding hydrogens is 358 g/mol. The van der Waals surface area contributed by atoms with Gasteiger partial charge in [-0.3, -0.25) is 4.79 Å². The van der Waals surface area contributed by atoms with Gasteiger partial charge in [0, 0.05) is 11.6 Å². The van der Waals surface area contributed by atoms with Crippen LogP contribution in [0.4, 0.5) is 0 Å². The molecule has 0 fully saturated rings. The highest BCUT2D eigenvalue weighted by atomic mass is 32.2. The van der Waals surface area contributed by atoms with E-state index in [1.807, 2.05) is 24.3 Å². The average Bonchev–Trinajstić information content (AvgIpc) is 2.98. The summed E-state index contributed by atoms with van der Waals surface area (Å²) in [6.45, 7) is 1.78. The molecule has 1 atom stereocenters. The summed E-state index contributed by atoms with van der Waals surface area (Å²) in [5.74, 6) is -0.423. The Morgan fingerprint density at radius 1 is 1.32 bits per heavy atom. The minimum Gasteiger partial charge on any atom is -0.508 e. The van der Waals surface area contributed by atoms with Crippen LogP contribution in [-0.4, -0.2) is 32.6 Å². The molecule has 2 aromatic carbocycles. The van der Waals surface area contributed by atoms with Crippen LogP contribution >= 0.6 is 23.1 Å². The van der Waals surface area contributed by atoms with E-state index in [0.717, 1.165) is 14.6 Å². The third kappa shape index (κ3) is 4.28. The lowest BCUT2D eigenvalue weighted by molar-refractivity contribution is -0.120. The number of carbonyl (C=O) groups excluding carboxylic acids is 1. The highest BCUT2D eigenvalue weighted by Crippen LogP contribution is 2.31. The van der Waals surface area contributed by atoms with E-state index in [0.29, 0.717) is 5.56 Å². The number of hydrogen-bond acceptors (Lipinski definition) is 7. The SMILES string of the molecule is C[C@@H](Sc1nc2ccccc2s1)C(=O)N/N=C\c1ccc(O)cc1O. The number of phenols is 2. The van der Waals surface area contributed by atoms with Gasteiger partial charge in [0.15, 0.2) is 4.34 Å². The van der Waals surface area contributed by atoms with Gasteiger partial charge in [0.1, 0.15) is 11.5 Å². The zero-order valence-corrected chi connectivity index (χ0v) is 14.8. The van der Waals surface area contributed by atoms with Crippen molar-refractivity contribution in [2.24, 2.45) is 5.10 Å². The second-order valence-corrected chi connectivity index (χ2v) is 7.80. The fourth-order valence-corrected chi connectivity index (χ4v) is 4.21. The number of aromatic hydroxyl groups is 2. The van der Waals surface area contributed by atoms with Crippen molar-refractivity contribution in [1.82, 2.24) is 10.4 Å². The van der Waals surface area contributed by atoms with Crippen molar-refractivity contribution in [3.8, 4) is 11.5 Å². The zero-order valence-electron chi connectivity index (χ0n) is 13.2. The summed E-state index contributed by atoms with van der Waals surface area (Å²) in [5.41, 5.74) is 3.75. The molecule has 1 amide bonds. The fourth-order valence-electron chi connectivity index (χ4n) is 2.00. The Labute approximate surface area is 152 Å². The van der Waals surface area contributed by atoms with Gasteiger partial charge in [0.25, 0.3) is 5.91 Å². The van der Waals surface area contributed by atoms with Crippen molar-refractivity contribution in [2.45, 2.75) is 16.5 Å². The predicted octanol–water partition coefficient (Wildman–Crippen LogP) is 3.34. The number of nitrogens with one attached hydrogen (secondary N) is 1. The number of hydrogen-bond donors (Lipinski definition) is 3. The van der Waals surface area contributed by atoms with Crippen LogP contribution in [0.1, 0.15) is 12.5 Å². The summed E-state index contributed by atoms with van der Waals surface area (Å²) < 4.78 is 1.91. The van der Waals surface area contributed by atoms with E-state index in [-0.39, 0.29) is 22.7 Å². The topological polar surface area (TPSA) is 94.8 Å². The fraction of sp³-hybridized carbons (Fsp3) is 0.118. The second-order valence-electron chi connectivity index (χ2n) is 5.18. The maximum Gasteiger partial charge on any atom is 0.253 e. The molecule has 1 heterocycles. The Morgan fingerprint density at radius 3 is 2.88 bits per heavy atom. The summed E-state index contributed by atoms with van der Waals surface area (Å²) in [6, 6.07) is 12.0. The van der Waals surface area contributed by atoms with Crippen molar-refractivity contribution in [3.05, 3.63) is 48.0 Å². The molecular formula is C17H15N3O3S2. The molecule has 6 nitrogen and oxygen atoms in total. The lowest BCUT2D eigenvalue weighted by Crippen LogP contribution is -2.26. The van der Waals surface area contributed by atoms with Gasteiger partial charge in [-0.1, -0.05) is 23.9 Å². The maximum atomic E-state index is 12.1. The number of para-hydroxylation sites is 1. The van der Waals surface area contributed by atoms with E-state index in [2.05, 4.69) is 15.5 Å². The molecule has 0 spiro atoms. The molecule has 3 aromatic rings. The van der Waals surface area contributed by atoms with Crippen LogP contribution in [0.15, 0.2) is 51.9 Å². The van der Waals surface area contributed by atoms with Gasteiger partial charge in [-0.25, -0.2) is 10.4 Å². The molecule has 25 heavy (non-hydrogen) atoms. The molecule has 0 bridgehead atoms. The third-order valence-corrected chi connectivity index (χ3v) is 5.54. The number of fused-ring (bicyclic) bond motifs is 1. The van der Waals surface area contributed by atoms with Crippen LogP contribution in [0.3, 0.4) is 0 Å². The van der Waals surface area contributed by atoms with Gasteiger partial charge in [-0.05, 0) is 31.2 Å². The highest BCUT2D eigenvalue weighted by Gasteiger charge is 2.16. The molecule has 0 unspecified atom stereocenters. The molecule has 0 aliphatic heterocycles. The Kier molecular flexibility index (Phi) is 5.20. The minimum atomic E-state index is -0.369.